The van der Waals surface area contributed by atoms with Gasteiger partial charge >= 0.3 is 5.97 Å². The van der Waals surface area contributed by atoms with Gasteiger partial charge in [-0.05, 0) is 5.38 Å². The van der Waals surface area contributed by atoms with Crippen LogP contribution in [-0.2, 0) is 0 Å². The van der Waals surface area contributed by atoms with Crippen molar-refractivity contribution in [2.24, 2.45) is 0 Å². The molecule has 0 aliphatic rings. The van der Waals surface area contributed by atoms with Crippen molar-refractivity contribution in [2.75, 3.05) is 5.33 Å². The molecular formula is C8H9BrO4S. The van der Waals surface area contributed by atoms with Crippen molar-refractivity contribution in [3.8, 4) is 0 Å². The van der Waals surface area contributed by atoms with Crippen molar-refractivity contribution in [1.29, 1.82) is 0 Å². The molecule has 0 aliphatic carbocycles. The second-order valence-corrected chi connectivity index (χ2v) is 4.10. The Morgan fingerprint density at radius 3 is 2.64 bits per heavy atom. The summed E-state index contributed by atoms with van der Waals surface area (Å²) in [5.74, 6) is -1.10. The first-order valence-electron chi connectivity index (χ1n) is 3.79. The minimum atomic E-state index is -1.16. The van der Waals surface area contributed by atoms with Crippen LogP contribution in [0.5, 0.6) is 0 Å². The predicted octanol–water partition coefficient (Wildman–Crippen LogP) is 1.24. The number of thiophene rings is 1. The zero-order valence-corrected chi connectivity index (χ0v) is 9.46. The number of alkyl halides is 1. The van der Waals surface area contributed by atoms with Gasteiger partial charge in [-0.3, -0.25) is 0 Å². The van der Waals surface area contributed by atoms with Crippen LogP contribution in [0.15, 0.2) is 10.8 Å². The molecule has 0 radical (unpaired) electrons. The van der Waals surface area contributed by atoms with Crippen LogP contribution >= 0.6 is 27.3 Å². The SMILES string of the molecule is O=C(O)c1cscc1C(O)C(O)CBr. The third-order valence-corrected chi connectivity index (χ3v) is 3.19. The Morgan fingerprint density at radius 2 is 2.14 bits per heavy atom. The van der Waals surface area contributed by atoms with E-state index >= 15 is 0 Å². The molecule has 0 aliphatic heterocycles. The first-order valence-corrected chi connectivity index (χ1v) is 5.85. The molecule has 1 rings (SSSR count). The van der Waals surface area contributed by atoms with Crippen molar-refractivity contribution in [3.63, 3.8) is 0 Å². The molecule has 0 saturated heterocycles. The van der Waals surface area contributed by atoms with E-state index in [0.717, 1.165) is 0 Å². The Balaban J connectivity index is 2.94. The van der Waals surface area contributed by atoms with E-state index < -0.39 is 18.2 Å². The summed E-state index contributed by atoms with van der Waals surface area (Å²) in [6.45, 7) is 0. The highest BCUT2D eigenvalue weighted by molar-refractivity contribution is 9.09. The van der Waals surface area contributed by atoms with E-state index in [1.165, 1.54) is 22.1 Å². The summed E-state index contributed by atoms with van der Waals surface area (Å²) in [5, 5.41) is 30.8. The van der Waals surface area contributed by atoms with Crippen LogP contribution in [0.1, 0.15) is 22.0 Å². The third kappa shape index (κ3) is 2.33. The number of carboxylic acid groups (broad SMARTS) is 1. The fourth-order valence-electron chi connectivity index (χ4n) is 1.00. The summed E-state index contributed by atoms with van der Waals surface area (Å²) in [7, 11) is 0. The van der Waals surface area contributed by atoms with Crippen LogP contribution in [0.25, 0.3) is 0 Å². The van der Waals surface area contributed by atoms with Crippen LogP contribution in [0.3, 0.4) is 0 Å². The molecule has 1 aromatic heterocycles. The van der Waals surface area contributed by atoms with Crippen molar-refractivity contribution < 1.29 is 20.1 Å². The number of rotatable bonds is 4. The average molecular weight is 281 g/mol. The first-order chi connectivity index (χ1) is 6.57. The number of hydrogen-bond acceptors (Lipinski definition) is 4. The molecule has 78 valence electrons. The number of aromatic carboxylic acids is 1. The average Bonchev–Trinajstić information content (AvgIpc) is 2.63. The molecule has 0 fully saturated rings. The van der Waals surface area contributed by atoms with Gasteiger partial charge in [0.25, 0.3) is 0 Å². The van der Waals surface area contributed by atoms with Crippen LogP contribution in [-0.4, -0.2) is 32.7 Å². The van der Waals surface area contributed by atoms with Gasteiger partial charge in [0, 0.05) is 16.3 Å². The summed E-state index contributed by atoms with van der Waals surface area (Å²) in [4.78, 5) is 10.7. The molecule has 2 atom stereocenters. The van der Waals surface area contributed by atoms with E-state index in [0.29, 0.717) is 0 Å². The maximum Gasteiger partial charge on any atom is 0.336 e. The Hall–Kier alpha value is -0.430. The normalized spacial score (nSPS) is 15.1. The second kappa shape index (κ2) is 4.88. The zero-order chi connectivity index (χ0) is 10.7. The van der Waals surface area contributed by atoms with Crippen LogP contribution in [0.2, 0.25) is 0 Å². The van der Waals surface area contributed by atoms with Crippen molar-refractivity contribution >= 4 is 33.2 Å². The predicted molar refractivity (Wildman–Crippen MR) is 56.0 cm³/mol. The lowest BCUT2D eigenvalue weighted by Crippen LogP contribution is -2.20. The van der Waals surface area contributed by atoms with Gasteiger partial charge in [-0.15, -0.1) is 0 Å². The highest BCUT2D eigenvalue weighted by Gasteiger charge is 2.23. The van der Waals surface area contributed by atoms with Gasteiger partial charge in [0.2, 0.25) is 0 Å². The fourth-order valence-corrected chi connectivity index (χ4v) is 2.21. The van der Waals surface area contributed by atoms with Crippen LogP contribution in [0.4, 0.5) is 0 Å². The molecule has 1 aromatic rings. The molecule has 1 heterocycles. The third-order valence-electron chi connectivity index (χ3n) is 1.76. The number of halogens is 1. The number of carbonyl (C=O) groups is 1. The molecule has 4 nitrogen and oxygen atoms in total. The standard InChI is InChI=1S/C8H9BrO4S/c9-1-6(10)7(11)4-2-14-3-5(4)8(12)13/h2-3,6-7,10-11H,1H2,(H,12,13). The van der Waals surface area contributed by atoms with Crippen molar-refractivity contribution in [2.45, 2.75) is 12.2 Å². The van der Waals surface area contributed by atoms with Crippen molar-refractivity contribution in [3.05, 3.63) is 21.9 Å². The lowest BCUT2D eigenvalue weighted by Gasteiger charge is -2.14. The highest BCUT2D eigenvalue weighted by Crippen LogP contribution is 2.25. The fraction of sp³-hybridized carbons (Fsp3) is 0.375. The molecule has 2 unspecified atom stereocenters. The molecule has 0 aromatic carbocycles. The Morgan fingerprint density at radius 1 is 1.50 bits per heavy atom. The Kier molecular flexibility index (Phi) is 4.06. The van der Waals surface area contributed by atoms with E-state index in [1.54, 1.807) is 0 Å². The van der Waals surface area contributed by atoms with Crippen LogP contribution < -0.4 is 0 Å². The number of carboxylic acids is 1. The molecule has 6 heteroatoms. The van der Waals surface area contributed by atoms with E-state index in [-0.39, 0.29) is 16.5 Å². The van der Waals surface area contributed by atoms with Gasteiger partial charge in [0.1, 0.15) is 6.10 Å². The summed E-state index contributed by atoms with van der Waals surface area (Å²) < 4.78 is 0. The lowest BCUT2D eigenvalue weighted by atomic mass is 10.0. The Labute approximate surface area is 92.9 Å². The lowest BCUT2D eigenvalue weighted by molar-refractivity contribution is 0.0331. The zero-order valence-electron chi connectivity index (χ0n) is 7.05. The minimum Gasteiger partial charge on any atom is -0.478 e. The summed E-state index contributed by atoms with van der Waals surface area (Å²) >= 11 is 4.19. The molecular weight excluding hydrogens is 272 g/mol. The van der Waals surface area contributed by atoms with Gasteiger partial charge in [0.05, 0.1) is 11.7 Å². The van der Waals surface area contributed by atoms with Gasteiger partial charge in [0.15, 0.2) is 0 Å². The monoisotopic (exact) mass is 280 g/mol. The molecule has 3 N–H and O–H groups in total. The van der Waals surface area contributed by atoms with Gasteiger partial charge in [-0.1, -0.05) is 15.9 Å². The van der Waals surface area contributed by atoms with Gasteiger partial charge in [-0.2, -0.15) is 11.3 Å². The highest BCUT2D eigenvalue weighted by atomic mass is 79.9. The molecule has 0 spiro atoms. The molecule has 0 saturated carbocycles. The van der Waals surface area contributed by atoms with Gasteiger partial charge in [-0.25, -0.2) is 4.79 Å². The van der Waals surface area contributed by atoms with E-state index in [2.05, 4.69) is 15.9 Å². The molecule has 14 heavy (non-hydrogen) atoms. The minimum absolute atomic E-state index is 0.0440. The molecule has 0 bridgehead atoms. The van der Waals surface area contributed by atoms with Crippen molar-refractivity contribution in [1.82, 2.24) is 0 Å². The van der Waals surface area contributed by atoms with Crippen LogP contribution in [0, 0.1) is 0 Å². The second-order valence-electron chi connectivity index (χ2n) is 2.71. The quantitative estimate of drug-likeness (QED) is 0.725. The summed E-state index contributed by atoms with van der Waals surface area (Å²) in [5.41, 5.74) is 0.303. The smallest absolute Gasteiger partial charge is 0.336 e. The number of hydrogen-bond donors (Lipinski definition) is 3. The van der Waals surface area contributed by atoms with E-state index in [1.807, 2.05) is 0 Å². The van der Waals surface area contributed by atoms with E-state index in [4.69, 9.17) is 5.11 Å². The summed E-state index contributed by atoms with van der Waals surface area (Å²) in [6, 6.07) is 0. The number of aliphatic hydroxyl groups is 2. The maximum absolute atomic E-state index is 10.7. The largest absolute Gasteiger partial charge is 0.478 e. The maximum atomic E-state index is 10.7. The summed E-state index contributed by atoms with van der Waals surface area (Å²) in [6.07, 6.45) is -2.16. The topological polar surface area (TPSA) is 77.8 Å². The number of aliphatic hydroxyl groups excluding tert-OH is 2. The van der Waals surface area contributed by atoms with E-state index in [9.17, 15) is 15.0 Å². The first kappa shape index (κ1) is 11.6. The van der Waals surface area contributed by atoms with Gasteiger partial charge < -0.3 is 15.3 Å². The Bertz CT molecular complexity index is 325. The molecule has 0 amide bonds.